The van der Waals surface area contributed by atoms with Crippen LogP contribution in [-0.4, -0.2) is 54.5 Å². The van der Waals surface area contributed by atoms with E-state index in [-0.39, 0.29) is 12.5 Å². The Morgan fingerprint density at radius 2 is 1.97 bits per heavy atom. The van der Waals surface area contributed by atoms with E-state index in [1.54, 1.807) is 19.1 Å². The molecule has 0 bridgehead atoms. The lowest BCUT2D eigenvalue weighted by Crippen LogP contribution is -2.41. The quantitative estimate of drug-likeness (QED) is 0.595. The summed E-state index contributed by atoms with van der Waals surface area (Å²) in [5.74, 6) is -1.76. The van der Waals surface area contributed by atoms with Gasteiger partial charge in [-0.1, -0.05) is 6.07 Å². The molecule has 1 fully saturated rings. The fourth-order valence-electron chi connectivity index (χ4n) is 4.27. The second-order valence-corrected chi connectivity index (χ2v) is 9.98. The highest BCUT2D eigenvalue weighted by atomic mass is 32.1. The second kappa shape index (κ2) is 10.5. The van der Waals surface area contributed by atoms with Crippen LogP contribution in [0, 0.1) is 0 Å². The fraction of sp³-hybridized carbons (Fsp3) is 0.478. The second-order valence-electron chi connectivity index (χ2n) is 7.93. The van der Waals surface area contributed by atoms with E-state index in [1.807, 2.05) is 5.38 Å². The Labute approximate surface area is 199 Å². The lowest BCUT2D eigenvalue weighted by molar-refractivity contribution is -0.151. The van der Waals surface area contributed by atoms with E-state index in [0.717, 1.165) is 36.1 Å². The first kappa shape index (κ1) is 23.4. The molecule has 4 rings (SSSR count). The predicted octanol–water partition coefficient (Wildman–Crippen LogP) is 3.65. The van der Waals surface area contributed by atoms with Crippen molar-refractivity contribution in [1.29, 1.82) is 0 Å². The van der Waals surface area contributed by atoms with Crippen LogP contribution in [0.25, 0.3) is 0 Å². The summed E-state index contributed by atoms with van der Waals surface area (Å²) in [6, 6.07) is 2.82. The number of hydrogen-bond acceptors (Lipinski definition) is 8. The smallest absolute Gasteiger partial charge is 0.341 e. The zero-order valence-corrected chi connectivity index (χ0v) is 20.0. The average molecular weight is 491 g/mol. The van der Waals surface area contributed by atoms with E-state index in [4.69, 9.17) is 9.47 Å². The molecule has 2 aromatic rings. The van der Waals surface area contributed by atoms with Crippen molar-refractivity contribution in [3.05, 3.63) is 38.4 Å². The van der Waals surface area contributed by atoms with Gasteiger partial charge in [0.15, 0.2) is 6.61 Å². The molecular formula is C23H26N2O6S2. The Morgan fingerprint density at radius 1 is 1.15 bits per heavy atom. The summed E-state index contributed by atoms with van der Waals surface area (Å²) in [6.07, 6.45) is 4.88. The summed E-state index contributed by atoms with van der Waals surface area (Å²) in [4.78, 5) is 53.6. The molecule has 1 N–H and O–H groups in total. The van der Waals surface area contributed by atoms with Gasteiger partial charge in [0.2, 0.25) is 0 Å². The number of likely N-dealkylation sites (tertiary alicyclic amines) is 1. The first-order valence-corrected chi connectivity index (χ1v) is 12.8. The molecule has 10 heteroatoms. The third-order valence-electron chi connectivity index (χ3n) is 5.77. The molecule has 3 heterocycles. The number of nitrogens with one attached hydrogen (secondary N) is 1. The number of carbonyl (C=O) groups is 4. The normalized spacial score (nSPS) is 17.4. The van der Waals surface area contributed by atoms with Crippen LogP contribution in [0.3, 0.4) is 0 Å². The Kier molecular flexibility index (Phi) is 7.44. The third kappa shape index (κ3) is 5.11. The summed E-state index contributed by atoms with van der Waals surface area (Å²) in [6.45, 7) is 1.98. The number of thiophene rings is 2. The minimum atomic E-state index is -0.698. The van der Waals surface area contributed by atoms with Crippen LogP contribution in [0.2, 0.25) is 0 Å². The maximum atomic E-state index is 12.7. The molecule has 1 atom stereocenters. The number of nitrogens with zero attached hydrogens (tertiary/aromatic N) is 1. The van der Waals surface area contributed by atoms with Gasteiger partial charge in [0, 0.05) is 11.4 Å². The lowest BCUT2D eigenvalue weighted by atomic mass is 9.95. The zero-order valence-electron chi connectivity index (χ0n) is 18.4. The Bertz CT molecular complexity index is 1050. The summed E-state index contributed by atoms with van der Waals surface area (Å²) < 4.78 is 10.5. The Hall–Kier alpha value is -2.72. The Balaban J connectivity index is 1.38. The van der Waals surface area contributed by atoms with Crippen LogP contribution in [0.5, 0.6) is 0 Å². The van der Waals surface area contributed by atoms with Crippen molar-refractivity contribution in [3.63, 3.8) is 0 Å². The fourth-order valence-corrected chi connectivity index (χ4v) is 6.24. The number of carbonyl (C=O) groups excluding carboxylic acids is 4. The van der Waals surface area contributed by atoms with E-state index in [2.05, 4.69) is 5.32 Å². The van der Waals surface area contributed by atoms with Gasteiger partial charge in [-0.3, -0.25) is 9.59 Å². The van der Waals surface area contributed by atoms with E-state index >= 15 is 0 Å². The molecule has 176 valence electrons. The molecule has 2 aromatic heterocycles. The average Bonchev–Trinajstić information content (AvgIpc) is 3.56. The summed E-state index contributed by atoms with van der Waals surface area (Å²) in [5.41, 5.74) is 1.37. The molecule has 2 aliphatic rings. The van der Waals surface area contributed by atoms with Gasteiger partial charge < -0.3 is 19.7 Å². The molecule has 0 aromatic carbocycles. The number of rotatable bonds is 7. The van der Waals surface area contributed by atoms with Crippen LogP contribution in [0.15, 0.2) is 17.5 Å². The van der Waals surface area contributed by atoms with Gasteiger partial charge in [-0.15, -0.1) is 22.7 Å². The summed E-state index contributed by atoms with van der Waals surface area (Å²) in [7, 11) is 0. The first-order chi connectivity index (χ1) is 16.0. The van der Waals surface area contributed by atoms with Gasteiger partial charge in [-0.05, 0) is 62.5 Å². The van der Waals surface area contributed by atoms with Crippen molar-refractivity contribution in [3.8, 4) is 0 Å². The lowest BCUT2D eigenvalue weighted by Gasteiger charge is -2.22. The number of amides is 2. The van der Waals surface area contributed by atoms with Gasteiger partial charge in [0.25, 0.3) is 11.8 Å². The van der Waals surface area contributed by atoms with Gasteiger partial charge in [0.05, 0.1) is 17.0 Å². The van der Waals surface area contributed by atoms with Crippen molar-refractivity contribution in [2.75, 3.05) is 25.1 Å². The molecule has 2 amide bonds. The monoisotopic (exact) mass is 490 g/mol. The largest absolute Gasteiger partial charge is 0.462 e. The molecular weight excluding hydrogens is 464 g/mol. The van der Waals surface area contributed by atoms with E-state index in [0.29, 0.717) is 34.8 Å². The van der Waals surface area contributed by atoms with Crippen molar-refractivity contribution in [2.45, 2.75) is 51.5 Å². The molecule has 0 saturated carbocycles. The van der Waals surface area contributed by atoms with Crippen LogP contribution < -0.4 is 5.32 Å². The predicted molar refractivity (Wildman–Crippen MR) is 125 cm³/mol. The maximum absolute atomic E-state index is 12.7. The van der Waals surface area contributed by atoms with Gasteiger partial charge in [0.1, 0.15) is 11.0 Å². The summed E-state index contributed by atoms with van der Waals surface area (Å²) in [5, 5.41) is 4.99. The molecule has 1 unspecified atom stereocenters. The number of hydrogen-bond donors (Lipinski definition) is 1. The van der Waals surface area contributed by atoms with Gasteiger partial charge >= 0.3 is 11.9 Å². The van der Waals surface area contributed by atoms with Gasteiger partial charge in [-0.2, -0.15) is 0 Å². The SMILES string of the molecule is CCOC(=O)c1c(NC(=O)COC(=O)C2CCCN2C(=O)c2cccs2)sc2c1CCCC2. The van der Waals surface area contributed by atoms with Crippen molar-refractivity contribution in [2.24, 2.45) is 0 Å². The highest BCUT2D eigenvalue weighted by molar-refractivity contribution is 7.17. The first-order valence-electron chi connectivity index (χ1n) is 11.1. The molecule has 0 radical (unpaired) electrons. The summed E-state index contributed by atoms with van der Waals surface area (Å²) >= 11 is 2.71. The van der Waals surface area contributed by atoms with Gasteiger partial charge in [-0.25, -0.2) is 9.59 Å². The van der Waals surface area contributed by atoms with Crippen LogP contribution in [0.1, 0.15) is 63.1 Å². The van der Waals surface area contributed by atoms with Crippen LogP contribution >= 0.6 is 22.7 Å². The molecule has 1 aliphatic carbocycles. The molecule has 1 saturated heterocycles. The van der Waals surface area contributed by atoms with Crippen molar-refractivity contribution in [1.82, 2.24) is 4.90 Å². The van der Waals surface area contributed by atoms with E-state index < -0.39 is 30.5 Å². The third-order valence-corrected chi connectivity index (χ3v) is 7.83. The van der Waals surface area contributed by atoms with Crippen LogP contribution in [0.4, 0.5) is 5.00 Å². The molecule has 0 spiro atoms. The Morgan fingerprint density at radius 3 is 2.73 bits per heavy atom. The minimum Gasteiger partial charge on any atom is -0.462 e. The van der Waals surface area contributed by atoms with E-state index in [1.165, 1.54) is 27.6 Å². The molecule has 8 nitrogen and oxygen atoms in total. The number of anilines is 1. The zero-order chi connectivity index (χ0) is 23.4. The van der Waals surface area contributed by atoms with Crippen molar-refractivity contribution >= 4 is 51.4 Å². The topological polar surface area (TPSA) is 102 Å². The van der Waals surface area contributed by atoms with Crippen LogP contribution in [-0.2, 0) is 31.9 Å². The number of aryl methyl sites for hydroxylation is 1. The van der Waals surface area contributed by atoms with Crippen molar-refractivity contribution < 1.29 is 28.7 Å². The van der Waals surface area contributed by atoms with E-state index in [9.17, 15) is 19.2 Å². The highest BCUT2D eigenvalue weighted by Crippen LogP contribution is 2.38. The standard InChI is InChI=1S/C23H26N2O6S2/c1-2-30-23(29)19-14-7-3-4-9-16(14)33-20(19)24-18(26)13-31-22(28)15-8-5-11-25(15)21(27)17-10-6-12-32-17/h6,10,12,15H,2-5,7-9,11,13H2,1H3,(H,24,26). The molecule has 33 heavy (non-hydrogen) atoms. The molecule has 1 aliphatic heterocycles. The number of ether oxygens (including phenoxy) is 2. The minimum absolute atomic E-state index is 0.197. The number of esters is 2. The number of fused-ring (bicyclic) bond motifs is 1. The highest BCUT2D eigenvalue weighted by Gasteiger charge is 2.36. The maximum Gasteiger partial charge on any atom is 0.341 e.